The largest absolute Gasteiger partial charge is 0.325 e. The number of carbonyl (C=O) groups is 3. The van der Waals surface area contributed by atoms with Gasteiger partial charge >= 0.3 is 0 Å². The van der Waals surface area contributed by atoms with Crippen molar-refractivity contribution in [2.24, 2.45) is 0 Å². The number of nitrogens with zero attached hydrogens (tertiary/aromatic N) is 2. The Morgan fingerprint density at radius 2 is 1.37 bits per heavy atom. The second kappa shape index (κ2) is 11.6. The van der Waals surface area contributed by atoms with E-state index >= 15 is 0 Å². The van der Waals surface area contributed by atoms with E-state index in [2.05, 4.69) is 20.4 Å². The molecule has 0 aromatic heterocycles. The third-order valence-electron chi connectivity index (χ3n) is 6.22. The summed E-state index contributed by atoms with van der Waals surface area (Å²) in [5.41, 5.74) is 2.34. The summed E-state index contributed by atoms with van der Waals surface area (Å²) in [7, 11) is 0. The predicted octanol–water partition coefficient (Wildman–Crippen LogP) is 3.50. The minimum absolute atomic E-state index is 0.0462. The molecule has 0 bridgehead atoms. The van der Waals surface area contributed by atoms with Gasteiger partial charge in [-0.15, -0.1) is 0 Å². The molecule has 4 rings (SSSR count). The van der Waals surface area contributed by atoms with E-state index in [0.717, 1.165) is 5.69 Å². The van der Waals surface area contributed by atoms with E-state index in [1.165, 1.54) is 0 Å². The summed E-state index contributed by atoms with van der Waals surface area (Å²) >= 11 is 0. The van der Waals surface area contributed by atoms with Crippen molar-refractivity contribution in [1.82, 2.24) is 9.80 Å². The molecular weight excluding hydrogens is 440 g/mol. The first-order valence-electron chi connectivity index (χ1n) is 11.8. The molecule has 7 nitrogen and oxygen atoms in total. The Kier molecular flexibility index (Phi) is 8.03. The number of hydrogen-bond acceptors (Lipinski definition) is 5. The van der Waals surface area contributed by atoms with Crippen LogP contribution in [0.25, 0.3) is 0 Å². The van der Waals surface area contributed by atoms with Gasteiger partial charge < -0.3 is 10.6 Å². The highest BCUT2D eigenvalue weighted by Gasteiger charge is 2.27. The summed E-state index contributed by atoms with van der Waals surface area (Å²) in [4.78, 5) is 42.5. The second-order valence-electron chi connectivity index (χ2n) is 8.63. The Morgan fingerprint density at radius 3 is 2.06 bits per heavy atom. The molecule has 1 aliphatic heterocycles. The molecule has 0 spiro atoms. The maximum atomic E-state index is 13.0. The Hall–Kier alpha value is -3.81. The lowest BCUT2D eigenvalue weighted by Crippen LogP contribution is -2.53. The lowest BCUT2D eigenvalue weighted by Gasteiger charge is -2.37. The number of amides is 2. The fourth-order valence-electron chi connectivity index (χ4n) is 4.17. The van der Waals surface area contributed by atoms with Crippen LogP contribution in [0, 0.1) is 0 Å². The van der Waals surface area contributed by atoms with Crippen molar-refractivity contribution in [3.63, 3.8) is 0 Å². The van der Waals surface area contributed by atoms with Gasteiger partial charge in [-0.25, -0.2) is 0 Å². The molecule has 180 valence electrons. The first-order valence-corrected chi connectivity index (χ1v) is 11.8. The molecule has 2 N–H and O–H groups in total. The van der Waals surface area contributed by atoms with Gasteiger partial charge in [0.25, 0.3) is 0 Å². The van der Waals surface area contributed by atoms with E-state index in [1.54, 1.807) is 36.4 Å². The summed E-state index contributed by atoms with van der Waals surface area (Å²) in [6.45, 7) is 4.94. The minimum Gasteiger partial charge on any atom is -0.325 e. The molecule has 35 heavy (non-hydrogen) atoms. The Labute approximate surface area is 205 Å². The zero-order valence-electron chi connectivity index (χ0n) is 19.8. The summed E-state index contributed by atoms with van der Waals surface area (Å²) < 4.78 is 0. The van der Waals surface area contributed by atoms with Gasteiger partial charge in [0.05, 0.1) is 18.3 Å². The molecule has 1 saturated heterocycles. The van der Waals surface area contributed by atoms with Gasteiger partial charge in [-0.3, -0.25) is 24.2 Å². The van der Waals surface area contributed by atoms with Crippen LogP contribution in [0.5, 0.6) is 0 Å². The molecule has 0 aliphatic carbocycles. The van der Waals surface area contributed by atoms with E-state index in [4.69, 9.17) is 0 Å². The number of piperazine rings is 1. The molecule has 3 aromatic rings. The standard InChI is InChI=1S/C28H30N4O3/c1-21(32-18-16-31(17-19-32)20-26(33)29-23-12-6-3-7-13-23)28(35)30-25-15-9-8-14-24(25)27(34)22-10-4-2-5-11-22/h2-15,21H,16-20H2,1H3,(H,29,33)(H,30,35). The molecular formula is C28H30N4O3. The number of nitrogens with one attached hydrogen (secondary N) is 2. The van der Waals surface area contributed by atoms with Crippen LogP contribution in [0.2, 0.25) is 0 Å². The minimum atomic E-state index is -0.366. The van der Waals surface area contributed by atoms with Crippen molar-refractivity contribution in [3.05, 3.63) is 96.1 Å². The van der Waals surface area contributed by atoms with Gasteiger partial charge in [-0.2, -0.15) is 0 Å². The molecule has 1 heterocycles. The first-order chi connectivity index (χ1) is 17.0. The maximum absolute atomic E-state index is 13.0. The Balaban J connectivity index is 1.30. The van der Waals surface area contributed by atoms with Crippen molar-refractivity contribution in [1.29, 1.82) is 0 Å². The Bertz CT molecular complexity index is 1160. The fraction of sp³-hybridized carbons (Fsp3) is 0.250. The topological polar surface area (TPSA) is 81.8 Å². The van der Waals surface area contributed by atoms with Crippen molar-refractivity contribution < 1.29 is 14.4 Å². The number of ketones is 1. The molecule has 1 fully saturated rings. The van der Waals surface area contributed by atoms with Crippen molar-refractivity contribution in [3.8, 4) is 0 Å². The molecule has 3 aromatic carbocycles. The number of para-hydroxylation sites is 2. The van der Waals surface area contributed by atoms with Gasteiger partial charge in [0, 0.05) is 43.0 Å². The first kappa shape index (κ1) is 24.3. The van der Waals surface area contributed by atoms with Crippen molar-refractivity contribution in [2.45, 2.75) is 13.0 Å². The smallest absolute Gasteiger partial charge is 0.241 e. The average Bonchev–Trinajstić information content (AvgIpc) is 2.89. The zero-order valence-corrected chi connectivity index (χ0v) is 19.8. The highest BCUT2D eigenvalue weighted by Crippen LogP contribution is 2.20. The lowest BCUT2D eigenvalue weighted by molar-refractivity contribution is -0.122. The number of benzene rings is 3. The van der Waals surface area contributed by atoms with Crippen LogP contribution in [-0.4, -0.2) is 66.2 Å². The van der Waals surface area contributed by atoms with Crippen LogP contribution in [0.1, 0.15) is 22.8 Å². The lowest BCUT2D eigenvalue weighted by atomic mass is 10.0. The molecule has 2 amide bonds. The highest BCUT2D eigenvalue weighted by atomic mass is 16.2. The van der Waals surface area contributed by atoms with E-state index in [-0.39, 0.29) is 23.6 Å². The molecule has 1 aliphatic rings. The summed E-state index contributed by atoms with van der Waals surface area (Å²) in [5.74, 6) is -0.333. The Morgan fingerprint density at radius 1 is 0.771 bits per heavy atom. The van der Waals surface area contributed by atoms with E-state index in [9.17, 15) is 14.4 Å². The van der Waals surface area contributed by atoms with Crippen LogP contribution in [0.15, 0.2) is 84.9 Å². The van der Waals surface area contributed by atoms with Crippen molar-refractivity contribution in [2.75, 3.05) is 43.4 Å². The van der Waals surface area contributed by atoms with Gasteiger partial charge in [-0.1, -0.05) is 60.7 Å². The highest BCUT2D eigenvalue weighted by molar-refractivity contribution is 6.14. The maximum Gasteiger partial charge on any atom is 0.241 e. The van der Waals surface area contributed by atoms with Crippen LogP contribution >= 0.6 is 0 Å². The average molecular weight is 471 g/mol. The molecule has 0 radical (unpaired) electrons. The number of rotatable bonds is 8. The number of hydrogen-bond donors (Lipinski definition) is 2. The second-order valence-corrected chi connectivity index (χ2v) is 8.63. The SMILES string of the molecule is CC(C(=O)Nc1ccccc1C(=O)c1ccccc1)N1CCN(CC(=O)Nc2ccccc2)CC1. The molecule has 0 saturated carbocycles. The van der Waals surface area contributed by atoms with Gasteiger partial charge in [0.1, 0.15) is 0 Å². The van der Waals surface area contributed by atoms with Gasteiger partial charge in [0.15, 0.2) is 5.78 Å². The van der Waals surface area contributed by atoms with E-state index in [1.807, 2.05) is 55.5 Å². The van der Waals surface area contributed by atoms with Gasteiger partial charge in [0.2, 0.25) is 11.8 Å². The summed E-state index contributed by atoms with van der Waals surface area (Å²) in [5, 5.41) is 5.86. The quantitative estimate of drug-likeness (QED) is 0.493. The normalized spacial score (nSPS) is 15.2. The molecule has 1 unspecified atom stereocenters. The third-order valence-corrected chi connectivity index (χ3v) is 6.22. The fourth-order valence-corrected chi connectivity index (χ4v) is 4.17. The van der Waals surface area contributed by atoms with Gasteiger partial charge in [-0.05, 0) is 31.2 Å². The van der Waals surface area contributed by atoms with E-state index < -0.39 is 0 Å². The van der Waals surface area contributed by atoms with Crippen LogP contribution < -0.4 is 10.6 Å². The predicted molar refractivity (Wildman–Crippen MR) is 137 cm³/mol. The summed E-state index contributed by atoms with van der Waals surface area (Å²) in [6, 6.07) is 25.2. The molecule has 7 heteroatoms. The third kappa shape index (κ3) is 6.41. The molecule has 1 atom stereocenters. The van der Waals surface area contributed by atoms with E-state index in [0.29, 0.717) is 49.5 Å². The van der Waals surface area contributed by atoms with Crippen LogP contribution in [-0.2, 0) is 9.59 Å². The van der Waals surface area contributed by atoms with Crippen LogP contribution in [0.3, 0.4) is 0 Å². The number of anilines is 2. The van der Waals surface area contributed by atoms with Crippen LogP contribution in [0.4, 0.5) is 11.4 Å². The summed E-state index contributed by atoms with van der Waals surface area (Å²) in [6.07, 6.45) is 0. The number of carbonyl (C=O) groups excluding carboxylic acids is 3. The van der Waals surface area contributed by atoms with Crippen molar-refractivity contribution >= 4 is 29.0 Å². The zero-order chi connectivity index (χ0) is 24.6. The monoisotopic (exact) mass is 470 g/mol.